The normalized spacial score (nSPS) is 12.4. The summed E-state index contributed by atoms with van der Waals surface area (Å²) in [4.78, 5) is 14.9. The van der Waals surface area contributed by atoms with Gasteiger partial charge in [0.1, 0.15) is 5.82 Å². The first-order valence-corrected chi connectivity index (χ1v) is 10.0. The molecule has 6 nitrogen and oxygen atoms in total. The molecule has 32 heavy (non-hydrogen) atoms. The molecule has 0 saturated heterocycles. The maximum Gasteiger partial charge on any atom is 0.418 e. The van der Waals surface area contributed by atoms with E-state index in [0.29, 0.717) is 11.8 Å². The molecule has 3 aromatic rings. The number of nitrogens with one attached hydrogen (secondary N) is 1. The first kappa shape index (κ1) is 25.4. The lowest BCUT2D eigenvalue weighted by Crippen LogP contribution is -2.32. The van der Waals surface area contributed by atoms with Gasteiger partial charge in [-0.25, -0.2) is 9.37 Å². The van der Waals surface area contributed by atoms with Crippen molar-refractivity contribution in [1.82, 2.24) is 14.9 Å². The lowest BCUT2D eigenvalue weighted by atomic mass is 10.0. The number of carbonyl (C=O) groups is 1. The molecule has 0 aliphatic rings. The smallest absolute Gasteiger partial charge is 0.330 e. The van der Waals surface area contributed by atoms with Gasteiger partial charge < -0.3 is 21.4 Å². The second kappa shape index (κ2) is 11.2. The van der Waals surface area contributed by atoms with Gasteiger partial charge in [0.2, 0.25) is 0 Å². The fraction of sp³-hybridized carbons (Fsp3) is 0.364. The number of hydrogen-bond acceptors (Lipinski definition) is 5. The molecule has 0 fully saturated rings. The van der Waals surface area contributed by atoms with Crippen LogP contribution < -0.4 is 16.8 Å². The number of carbonyl (C=O) groups excluding carboxylic acids is 1. The van der Waals surface area contributed by atoms with Crippen LogP contribution >= 0.6 is 0 Å². The number of aldehydes is 1. The second-order valence-electron chi connectivity index (χ2n) is 7.29. The molecule has 0 bridgehead atoms. The molecule has 1 heterocycles. The molecule has 0 radical (unpaired) electrons. The van der Waals surface area contributed by atoms with Crippen molar-refractivity contribution in [3.05, 3.63) is 53.6 Å². The summed E-state index contributed by atoms with van der Waals surface area (Å²) in [6, 6.07) is 7.82. The molecule has 174 valence electrons. The highest BCUT2D eigenvalue weighted by Gasteiger charge is 2.35. The number of nitrogens with zero attached hydrogens (tertiary/aromatic N) is 2. The SMILES string of the molecule is CNCC(N)CCCN.Cn1c(C=O)nc2cc(-c3ccc(F)cc3)cc(C(F)(F)F)c21. The third-order valence-electron chi connectivity index (χ3n) is 4.84. The number of alkyl halides is 3. The number of hydrogen-bond donors (Lipinski definition) is 3. The first-order chi connectivity index (χ1) is 15.1. The Morgan fingerprint density at radius 3 is 2.38 bits per heavy atom. The van der Waals surface area contributed by atoms with Crippen molar-refractivity contribution in [2.75, 3.05) is 20.1 Å². The Hall–Kier alpha value is -2.82. The van der Waals surface area contributed by atoms with Gasteiger partial charge in [0.15, 0.2) is 12.1 Å². The average Bonchev–Trinajstić information content (AvgIpc) is 3.07. The molecule has 3 rings (SSSR count). The van der Waals surface area contributed by atoms with Crippen molar-refractivity contribution in [2.45, 2.75) is 25.1 Å². The van der Waals surface area contributed by atoms with Gasteiger partial charge in [-0.05, 0) is 61.8 Å². The van der Waals surface area contributed by atoms with E-state index in [9.17, 15) is 22.4 Å². The summed E-state index contributed by atoms with van der Waals surface area (Å²) >= 11 is 0. The molecular formula is C22H27F4N5O. The number of fused-ring (bicyclic) bond motifs is 1. The van der Waals surface area contributed by atoms with Gasteiger partial charge in [0.25, 0.3) is 0 Å². The van der Waals surface area contributed by atoms with Crippen LogP contribution in [0.25, 0.3) is 22.2 Å². The Bertz CT molecular complexity index is 1030. The van der Waals surface area contributed by atoms with Crippen LogP contribution in [-0.2, 0) is 13.2 Å². The molecule has 10 heteroatoms. The maximum atomic E-state index is 13.4. The predicted molar refractivity (Wildman–Crippen MR) is 117 cm³/mol. The van der Waals surface area contributed by atoms with Crippen molar-refractivity contribution in [3.63, 3.8) is 0 Å². The predicted octanol–water partition coefficient (Wildman–Crippen LogP) is 3.48. The molecule has 1 atom stereocenters. The number of nitrogens with two attached hydrogens (primary N) is 2. The maximum absolute atomic E-state index is 13.4. The Balaban J connectivity index is 0.000000344. The minimum absolute atomic E-state index is 0.0590. The number of imidazole rings is 1. The molecule has 0 spiro atoms. The van der Waals surface area contributed by atoms with E-state index in [4.69, 9.17) is 11.5 Å². The molecule has 1 unspecified atom stereocenters. The number of likely N-dealkylation sites (N-methyl/N-ethyl adjacent to an activating group) is 1. The van der Waals surface area contributed by atoms with Gasteiger partial charge in [-0.15, -0.1) is 0 Å². The van der Waals surface area contributed by atoms with Crippen LogP contribution in [-0.4, -0.2) is 42.0 Å². The van der Waals surface area contributed by atoms with E-state index in [1.54, 1.807) is 0 Å². The van der Waals surface area contributed by atoms with Crippen LogP contribution in [0.15, 0.2) is 36.4 Å². The second-order valence-corrected chi connectivity index (χ2v) is 7.29. The summed E-state index contributed by atoms with van der Waals surface area (Å²) in [6.45, 7) is 1.64. The number of rotatable bonds is 7. The standard InChI is InChI=1S/C16H10F4N2O.C6H17N3/c1-22-14(8-23)21-13-7-10(9-2-4-11(17)5-3-9)6-12(15(13)22)16(18,19)20;1-9-5-6(8)3-2-4-7/h2-8H,1H3;6,9H,2-5,7-8H2,1H3. The Morgan fingerprint density at radius 2 is 1.84 bits per heavy atom. The Kier molecular flexibility index (Phi) is 8.88. The van der Waals surface area contributed by atoms with Crippen LogP contribution in [0.2, 0.25) is 0 Å². The third kappa shape index (κ3) is 6.35. The van der Waals surface area contributed by atoms with Crippen LogP contribution in [0.1, 0.15) is 29.0 Å². The van der Waals surface area contributed by atoms with Crippen LogP contribution in [0, 0.1) is 5.82 Å². The van der Waals surface area contributed by atoms with Crippen molar-refractivity contribution >= 4 is 17.3 Å². The zero-order valence-electron chi connectivity index (χ0n) is 17.9. The fourth-order valence-electron chi connectivity index (χ4n) is 3.24. The van der Waals surface area contributed by atoms with E-state index >= 15 is 0 Å². The van der Waals surface area contributed by atoms with E-state index in [2.05, 4.69) is 10.3 Å². The monoisotopic (exact) mass is 453 g/mol. The highest BCUT2D eigenvalue weighted by Crippen LogP contribution is 2.38. The molecular weight excluding hydrogens is 426 g/mol. The van der Waals surface area contributed by atoms with Crippen LogP contribution in [0.5, 0.6) is 0 Å². The molecule has 0 amide bonds. The number of halogens is 4. The highest BCUT2D eigenvalue weighted by molar-refractivity contribution is 5.89. The van der Waals surface area contributed by atoms with E-state index < -0.39 is 17.6 Å². The highest BCUT2D eigenvalue weighted by atomic mass is 19.4. The largest absolute Gasteiger partial charge is 0.418 e. The Morgan fingerprint density at radius 1 is 1.19 bits per heavy atom. The summed E-state index contributed by atoms with van der Waals surface area (Å²) in [7, 11) is 3.26. The summed E-state index contributed by atoms with van der Waals surface area (Å²) in [5.74, 6) is -0.575. The van der Waals surface area contributed by atoms with Crippen LogP contribution in [0.3, 0.4) is 0 Å². The summed E-state index contributed by atoms with van der Waals surface area (Å²) in [6.07, 6.45) is -2.15. The zero-order valence-corrected chi connectivity index (χ0v) is 17.9. The minimum atomic E-state index is -4.61. The summed E-state index contributed by atoms with van der Waals surface area (Å²) in [5.41, 5.74) is 10.6. The van der Waals surface area contributed by atoms with Gasteiger partial charge in [-0.3, -0.25) is 4.79 Å². The lowest BCUT2D eigenvalue weighted by molar-refractivity contribution is -0.136. The lowest BCUT2D eigenvalue weighted by Gasteiger charge is -2.12. The van der Waals surface area contributed by atoms with E-state index in [0.717, 1.165) is 36.6 Å². The molecule has 0 aliphatic carbocycles. The summed E-state index contributed by atoms with van der Waals surface area (Å²) < 4.78 is 54.2. The molecule has 2 aromatic carbocycles. The van der Waals surface area contributed by atoms with Gasteiger partial charge in [-0.1, -0.05) is 12.1 Å². The minimum Gasteiger partial charge on any atom is -0.330 e. The first-order valence-electron chi connectivity index (χ1n) is 10.0. The van der Waals surface area contributed by atoms with Gasteiger partial charge >= 0.3 is 6.18 Å². The summed E-state index contributed by atoms with van der Waals surface area (Å²) in [5, 5.41) is 3.01. The van der Waals surface area contributed by atoms with E-state index in [-0.39, 0.29) is 28.5 Å². The molecule has 1 aromatic heterocycles. The van der Waals surface area contributed by atoms with Gasteiger partial charge in [0.05, 0.1) is 16.6 Å². The van der Waals surface area contributed by atoms with Crippen molar-refractivity contribution < 1.29 is 22.4 Å². The van der Waals surface area contributed by atoms with Gasteiger partial charge in [-0.2, -0.15) is 13.2 Å². The third-order valence-corrected chi connectivity index (χ3v) is 4.84. The quantitative estimate of drug-likeness (QED) is 0.376. The average molecular weight is 453 g/mol. The number of aromatic nitrogens is 2. The van der Waals surface area contributed by atoms with Crippen molar-refractivity contribution in [3.8, 4) is 11.1 Å². The molecule has 5 N–H and O–H groups in total. The molecule has 0 aliphatic heterocycles. The zero-order chi connectivity index (χ0) is 23.9. The fourth-order valence-corrected chi connectivity index (χ4v) is 3.24. The van der Waals surface area contributed by atoms with E-state index in [1.165, 1.54) is 37.4 Å². The number of benzene rings is 2. The number of aryl methyl sites for hydroxylation is 1. The molecule has 0 saturated carbocycles. The topological polar surface area (TPSA) is 99.0 Å². The van der Waals surface area contributed by atoms with Crippen molar-refractivity contribution in [2.24, 2.45) is 18.5 Å². The van der Waals surface area contributed by atoms with Gasteiger partial charge in [0, 0.05) is 19.6 Å². The van der Waals surface area contributed by atoms with Crippen LogP contribution in [0.4, 0.5) is 17.6 Å². The van der Waals surface area contributed by atoms with E-state index in [1.807, 2.05) is 7.05 Å². The Labute approximate surface area is 183 Å². The van der Waals surface area contributed by atoms with Crippen molar-refractivity contribution in [1.29, 1.82) is 0 Å².